The molecule has 0 radical (unpaired) electrons. The molecule has 0 bridgehead atoms. The van der Waals surface area contributed by atoms with Crippen molar-refractivity contribution in [2.24, 2.45) is 0 Å². The Hall–Kier alpha value is -0.610. The minimum atomic E-state index is -0.803. The van der Waals surface area contributed by atoms with Gasteiger partial charge in [0.2, 0.25) is 0 Å². The average Bonchev–Trinajstić information content (AvgIpc) is 2.20. The first kappa shape index (κ1) is 11.5. The Labute approximate surface area is 88.2 Å². The van der Waals surface area contributed by atoms with E-state index in [-0.39, 0.29) is 0 Å². The Kier molecular flexibility index (Phi) is 4.35. The number of halogens is 1. The van der Waals surface area contributed by atoms with Gasteiger partial charge in [0.1, 0.15) is 6.10 Å². The van der Waals surface area contributed by atoms with Crippen LogP contribution in [0.3, 0.4) is 0 Å². The van der Waals surface area contributed by atoms with Crippen LogP contribution in [-0.2, 0) is 9.47 Å². The Bertz CT molecular complexity index is 269. The lowest BCUT2D eigenvalue weighted by molar-refractivity contribution is -0.166. The number of aliphatic hydroxyl groups excluding tert-OH is 1. The van der Waals surface area contributed by atoms with Crippen molar-refractivity contribution in [2.45, 2.75) is 12.4 Å². The van der Waals surface area contributed by atoms with Crippen molar-refractivity contribution in [3.05, 3.63) is 34.9 Å². The van der Waals surface area contributed by atoms with Gasteiger partial charge in [0.05, 0.1) is 0 Å². The van der Waals surface area contributed by atoms with Crippen LogP contribution in [0.25, 0.3) is 0 Å². The molecule has 0 aliphatic heterocycles. The van der Waals surface area contributed by atoms with Crippen LogP contribution in [0.4, 0.5) is 0 Å². The summed E-state index contributed by atoms with van der Waals surface area (Å²) in [7, 11) is 2.96. The summed E-state index contributed by atoms with van der Waals surface area (Å²) in [5, 5.41) is 10.4. The molecule has 0 saturated heterocycles. The lowest BCUT2D eigenvalue weighted by Gasteiger charge is -2.20. The Balaban J connectivity index is 2.77. The predicted molar refractivity (Wildman–Crippen MR) is 54.2 cm³/mol. The van der Waals surface area contributed by atoms with Gasteiger partial charge in [-0.05, 0) is 17.7 Å². The Morgan fingerprint density at radius 2 is 1.64 bits per heavy atom. The van der Waals surface area contributed by atoms with E-state index in [0.29, 0.717) is 10.6 Å². The summed E-state index contributed by atoms with van der Waals surface area (Å²) < 4.78 is 9.88. The molecule has 1 atom stereocenters. The van der Waals surface area contributed by atoms with E-state index in [0.717, 1.165) is 0 Å². The highest BCUT2D eigenvalue weighted by Crippen LogP contribution is 2.20. The minimum Gasteiger partial charge on any atom is -0.383 e. The van der Waals surface area contributed by atoms with E-state index >= 15 is 0 Å². The molecule has 14 heavy (non-hydrogen) atoms. The molecule has 0 aromatic heterocycles. The zero-order valence-electron chi connectivity index (χ0n) is 8.11. The highest BCUT2D eigenvalue weighted by Gasteiger charge is 2.19. The molecule has 1 unspecified atom stereocenters. The molecule has 1 rings (SSSR count). The van der Waals surface area contributed by atoms with Crippen LogP contribution in [0.15, 0.2) is 24.3 Å². The highest BCUT2D eigenvalue weighted by atomic mass is 35.5. The number of hydrogen-bond acceptors (Lipinski definition) is 3. The molecule has 1 aromatic carbocycles. The van der Waals surface area contributed by atoms with E-state index in [1.807, 2.05) is 0 Å². The van der Waals surface area contributed by atoms with Crippen LogP contribution >= 0.6 is 11.6 Å². The molecule has 1 aromatic rings. The van der Waals surface area contributed by atoms with E-state index in [9.17, 15) is 5.11 Å². The fourth-order valence-corrected chi connectivity index (χ4v) is 1.30. The van der Waals surface area contributed by atoms with Crippen LogP contribution in [0.5, 0.6) is 0 Å². The van der Waals surface area contributed by atoms with Crippen molar-refractivity contribution in [1.82, 2.24) is 0 Å². The monoisotopic (exact) mass is 216 g/mol. The van der Waals surface area contributed by atoms with Gasteiger partial charge in [0, 0.05) is 19.2 Å². The molecule has 0 spiro atoms. The Morgan fingerprint density at radius 3 is 2.07 bits per heavy atom. The SMILES string of the molecule is COC(OC)C(O)c1ccc(Cl)cc1. The van der Waals surface area contributed by atoms with Gasteiger partial charge in [0.15, 0.2) is 6.29 Å². The van der Waals surface area contributed by atoms with Gasteiger partial charge in [0.25, 0.3) is 0 Å². The average molecular weight is 217 g/mol. The quantitative estimate of drug-likeness (QED) is 0.783. The number of benzene rings is 1. The zero-order valence-corrected chi connectivity index (χ0v) is 8.86. The van der Waals surface area contributed by atoms with Crippen molar-refractivity contribution in [2.75, 3.05) is 14.2 Å². The van der Waals surface area contributed by atoms with Crippen molar-refractivity contribution < 1.29 is 14.6 Å². The smallest absolute Gasteiger partial charge is 0.187 e. The zero-order chi connectivity index (χ0) is 10.6. The molecular weight excluding hydrogens is 204 g/mol. The summed E-state index contributed by atoms with van der Waals surface area (Å²) in [6, 6.07) is 6.89. The fraction of sp³-hybridized carbons (Fsp3) is 0.400. The molecule has 0 aliphatic rings. The van der Waals surface area contributed by atoms with E-state index in [2.05, 4.69) is 0 Å². The van der Waals surface area contributed by atoms with Crippen molar-refractivity contribution in [3.8, 4) is 0 Å². The number of rotatable bonds is 4. The second-order valence-electron chi connectivity index (χ2n) is 2.84. The molecule has 3 nitrogen and oxygen atoms in total. The van der Waals surface area contributed by atoms with E-state index in [1.54, 1.807) is 24.3 Å². The summed E-state index contributed by atoms with van der Waals surface area (Å²) in [5.74, 6) is 0. The first-order valence-corrected chi connectivity index (χ1v) is 4.56. The molecule has 0 saturated carbocycles. The van der Waals surface area contributed by atoms with Gasteiger partial charge < -0.3 is 14.6 Å². The maximum absolute atomic E-state index is 9.78. The van der Waals surface area contributed by atoms with Gasteiger partial charge in [-0.3, -0.25) is 0 Å². The van der Waals surface area contributed by atoms with Gasteiger partial charge >= 0.3 is 0 Å². The lowest BCUT2D eigenvalue weighted by Crippen LogP contribution is -2.22. The summed E-state index contributed by atoms with van der Waals surface area (Å²) in [6.07, 6.45) is -1.46. The third-order valence-electron chi connectivity index (χ3n) is 1.93. The molecular formula is C10H13ClO3. The van der Waals surface area contributed by atoms with Gasteiger partial charge in [-0.15, -0.1) is 0 Å². The summed E-state index contributed by atoms with van der Waals surface area (Å²) in [5.41, 5.74) is 0.711. The summed E-state index contributed by atoms with van der Waals surface area (Å²) in [6.45, 7) is 0. The maximum Gasteiger partial charge on any atom is 0.187 e. The molecule has 1 N–H and O–H groups in total. The molecule has 4 heteroatoms. The number of ether oxygens (including phenoxy) is 2. The molecule has 0 amide bonds. The third-order valence-corrected chi connectivity index (χ3v) is 2.19. The third kappa shape index (κ3) is 2.69. The molecule has 0 aliphatic carbocycles. The van der Waals surface area contributed by atoms with Crippen molar-refractivity contribution in [1.29, 1.82) is 0 Å². The second kappa shape index (κ2) is 5.32. The van der Waals surface area contributed by atoms with Gasteiger partial charge in [-0.1, -0.05) is 23.7 Å². The number of methoxy groups -OCH3 is 2. The number of hydrogen-bond donors (Lipinski definition) is 1. The maximum atomic E-state index is 9.78. The molecule has 0 heterocycles. The summed E-state index contributed by atoms with van der Waals surface area (Å²) in [4.78, 5) is 0. The van der Waals surface area contributed by atoms with Crippen LogP contribution in [0, 0.1) is 0 Å². The van der Waals surface area contributed by atoms with E-state index in [4.69, 9.17) is 21.1 Å². The number of aliphatic hydroxyl groups is 1. The predicted octanol–water partition coefficient (Wildman–Crippen LogP) is 1.99. The van der Waals surface area contributed by atoms with E-state index < -0.39 is 12.4 Å². The van der Waals surface area contributed by atoms with Crippen molar-refractivity contribution >= 4 is 11.6 Å². The van der Waals surface area contributed by atoms with Crippen LogP contribution in [0.1, 0.15) is 11.7 Å². The topological polar surface area (TPSA) is 38.7 Å². The minimum absolute atomic E-state index is 0.632. The Morgan fingerprint density at radius 1 is 1.14 bits per heavy atom. The standard InChI is InChI=1S/C10H13ClO3/c1-13-10(14-2)9(12)7-3-5-8(11)6-4-7/h3-6,9-10,12H,1-2H3. The van der Waals surface area contributed by atoms with Crippen LogP contribution < -0.4 is 0 Å². The first-order chi connectivity index (χ1) is 6.69. The molecule has 0 fully saturated rings. The van der Waals surface area contributed by atoms with Gasteiger partial charge in [-0.25, -0.2) is 0 Å². The van der Waals surface area contributed by atoms with Gasteiger partial charge in [-0.2, -0.15) is 0 Å². The molecule has 78 valence electrons. The summed E-state index contributed by atoms with van der Waals surface area (Å²) >= 11 is 5.72. The highest BCUT2D eigenvalue weighted by molar-refractivity contribution is 6.30. The second-order valence-corrected chi connectivity index (χ2v) is 3.27. The van der Waals surface area contributed by atoms with Crippen LogP contribution in [-0.4, -0.2) is 25.6 Å². The van der Waals surface area contributed by atoms with Crippen LogP contribution in [0.2, 0.25) is 5.02 Å². The first-order valence-electron chi connectivity index (χ1n) is 4.18. The normalized spacial score (nSPS) is 13.2. The largest absolute Gasteiger partial charge is 0.383 e. The lowest BCUT2D eigenvalue weighted by atomic mass is 10.1. The fourth-order valence-electron chi connectivity index (χ4n) is 1.17. The van der Waals surface area contributed by atoms with Crippen molar-refractivity contribution in [3.63, 3.8) is 0 Å². The van der Waals surface area contributed by atoms with E-state index in [1.165, 1.54) is 14.2 Å².